The largest absolute Gasteiger partial charge is 1.00 e. The Morgan fingerprint density at radius 3 is 2.40 bits per heavy atom. The number of carbonyl (C=O) groups excluding carboxylic acids is 5. The van der Waals surface area contributed by atoms with Crippen LogP contribution in [0.3, 0.4) is 0 Å². The number of nitrogens with one attached hydrogen (secondary N) is 3. The number of rotatable bonds is 6. The van der Waals surface area contributed by atoms with Crippen molar-refractivity contribution in [2.75, 3.05) is 0 Å². The van der Waals surface area contributed by atoms with Crippen molar-refractivity contribution in [2.24, 2.45) is 0 Å². The topological polar surface area (TPSA) is 161 Å². The maximum absolute atomic E-state index is 13.1. The first-order valence-corrected chi connectivity index (χ1v) is 11.2. The van der Waals surface area contributed by atoms with Gasteiger partial charge in [-0.3, -0.25) is 19.7 Å². The van der Waals surface area contributed by atoms with Gasteiger partial charge in [0.15, 0.2) is 5.76 Å². The van der Waals surface area contributed by atoms with E-state index in [1.807, 2.05) is 0 Å². The summed E-state index contributed by atoms with van der Waals surface area (Å²) in [7, 11) is 0. The van der Waals surface area contributed by atoms with E-state index >= 15 is 0 Å². The molecule has 0 aliphatic carbocycles. The molecule has 3 heterocycles. The maximum Gasteiger partial charge on any atom is 1.00 e. The third-order valence-electron chi connectivity index (χ3n) is 5.60. The Morgan fingerprint density at radius 2 is 1.80 bits per heavy atom. The van der Waals surface area contributed by atoms with Crippen LogP contribution in [0.5, 0.6) is 0 Å². The number of carboxylic acids is 1. The van der Waals surface area contributed by atoms with Crippen LogP contribution >= 0.6 is 11.8 Å². The zero-order valence-electron chi connectivity index (χ0n) is 19.1. The van der Waals surface area contributed by atoms with Crippen molar-refractivity contribution in [3.05, 3.63) is 60.1 Å². The zero-order chi connectivity index (χ0) is 24.6. The molecule has 2 saturated heterocycles. The number of amides is 5. The van der Waals surface area contributed by atoms with Crippen LogP contribution in [0.4, 0.5) is 4.79 Å². The van der Waals surface area contributed by atoms with Crippen LogP contribution in [0.1, 0.15) is 36.0 Å². The van der Waals surface area contributed by atoms with Crippen LogP contribution in [-0.4, -0.2) is 56.8 Å². The number of carbonyl (C=O) groups is 5. The first kappa shape index (κ1) is 26.8. The number of fused-ring (bicyclic) bond motifs is 1. The molecule has 13 heteroatoms. The summed E-state index contributed by atoms with van der Waals surface area (Å²) in [5.74, 6) is -3.48. The van der Waals surface area contributed by atoms with E-state index in [1.165, 1.54) is 35.1 Å². The van der Waals surface area contributed by atoms with Crippen molar-refractivity contribution in [3.8, 4) is 0 Å². The summed E-state index contributed by atoms with van der Waals surface area (Å²) in [5.41, 5.74) is 0.413. The molecule has 1 aromatic carbocycles. The predicted molar refractivity (Wildman–Crippen MR) is 117 cm³/mol. The van der Waals surface area contributed by atoms with Crippen molar-refractivity contribution in [1.82, 2.24) is 20.9 Å². The van der Waals surface area contributed by atoms with Gasteiger partial charge in [-0.25, -0.2) is 4.79 Å². The van der Waals surface area contributed by atoms with E-state index in [4.69, 9.17) is 4.42 Å². The average molecular weight is 508 g/mol. The number of furan rings is 1. The second kappa shape index (κ2) is 10.4. The summed E-state index contributed by atoms with van der Waals surface area (Å²) in [4.78, 5) is 63.1. The number of carboxylic acid groups (broad SMARTS) is 1. The summed E-state index contributed by atoms with van der Waals surface area (Å²) >= 11 is 1.25. The number of thioether (sulfide) groups is 1. The summed E-state index contributed by atoms with van der Waals surface area (Å²) in [6, 6.07) is 6.86. The van der Waals surface area contributed by atoms with Crippen molar-refractivity contribution >= 4 is 41.5 Å². The fourth-order valence-electron chi connectivity index (χ4n) is 4.05. The van der Waals surface area contributed by atoms with Gasteiger partial charge in [-0.1, -0.05) is 30.3 Å². The van der Waals surface area contributed by atoms with Gasteiger partial charge in [-0.2, -0.15) is 0 Å². The normalized spacial score (nSPS) is 22.6. The Labute approximate surface area is 226 Å². The summed E-state index contributed by atoms with van der Waals surface area (Å²) in [6.07, 6.45) is 1.28. The molecule has 4 atom stereocenters. The van der Waals surface area contributed by atoms with Crippen molar-refractivity contribution in [2.45, 2.75) is 42.1 Å². The molecule has 0 radical (unpaired) electrons. The van der Waals surface area contributed by atoms with Gasteiger partial charge in [0, 0.05) is 4.75 Å². The van der Waals surface area contributed by atoms with Gasteiger partial charge in [-0.05, 0) is 31.5 Å². The Morgan fingerprint density at radius 1 is 1.11 bits per heavy atom. The molecule has 0 spiro atoms. The van der Waals surface area contributed by atoms with Crippen molar-refractivity contribution in [3.63, 3.8) is 0 Å². The molecule has 178 valence electrons. The summed E-state index contributed by atoms with van der Waals surface area (Å²) < 4.78 is 4.14. The molecule has 0 saturated carbocycles. The second-order valence-corrected chi connectivity index (χ2v) is 10.1. The van der Waals surface area contributed by atoms with Gasteiger partial charge in [0.05, 0.1) is 18.3 Å². The minimum atomic E-state index is -1.36. The molecule has 35 heavy (non-hydrogen) atoms. The fourth-order valence-corrected chi connectivity index (χ4v) is 5.67. The Bertz CT molecular complexity index is 1140. The Kier molecular flexibility index (Phi) is 8.00. The Balaban J connectivity index is 0.00000342. The maximum atomic E-state index is 13.1. The smallest absolute Gasteiger partial charge is 0.548 e. The van der Waals surface area contributed by atoms with Crippen LogP contribution in [0.2, 0.25) is 0 Å². The number of urea groups is 1. The standard InChI is InChI=1S/C22H22N4O7S.Na/c1-22(2)15(20(30)31)26-18(29)14(19(26)34-22)23-17(28)13(11-7-4-3-5-8-11)24-21(32)25-16(27)12-9-6-10-33-12;/h3-10,13-15,19H,1-2H3,(H,23,28)(H,30,31)(H2,24,25,27,32);/q;+1/p-1/t13?,14-,15+,19-;/m1./s1. The molecule has 0 bridgehead atoms. The minimum Gasteiger partial charge on any atom is -0.548 e. The average Bonchev–Trinajstić information content (AvgIpc) is 3.41. The molecule has 2 aliphatic rings. The van der Waals surface area contributed by atoms with Crippen LogP contribution in [0.15, 0.2) is 53.1 Å². The summed E-state index contributed by atoms with van der Waals surface area (Å²) in [6.45, 7) is 3.38. The molecule has 4 rings (SSSR count). The van der Waals surface area contributed by atoms with Gasteiger partial charge in [0.25, 0.3) is 5.91 Å². The van der Waals surface area contributed by atoms with Crippen LogP contribution in [-0.2, 0) is 14.4 Å². The number of hydrogen-bond donors (Lipinski definition) is 3. The minimum absolute atomic E-state index is 0. The quantitative estimate of drug-likeness (QED) is 0.271. The third-order valence-corrected chi connectivity index (χ3v) is 7.18. The second-order valence-electron chi connectivity index (χ2n) is 8.31. The monoisotopic (exact) mass is 508 g/mol. The van der Waals surface area contributed by atoms with Gasteiger partial charge < -0.3 is 29.9 Å². The van der Waals surface area contributed by atoms with E-state index in [-0.39, 0.29) is 35.3 Å². The molecule has 11 nitrogen and oxygen atoms in total. The van der Waals surface area contributed by atoms with Crippen molar-refractivity contribution in [1.29, 1.82) is 0 Å². The summed E-state index contributed by atoms with van der Waals surface area (Å²) in [5, 5.41) is 18.1. The number of β-lactam (4-membered cyclic amide) rings is 1. The predicted octanol–water partition coefficient (Wildman–Crippen LogP) is -3.24. The zero-order valence-corrected chi connectivity index (χ0v) is 22.0. The van der Waals surface area contributed by atoms with E-state index in [2.05, 4.69) is 16.0 Å². The molecule has 3 N–H and O–H groups in total. The fraction of sp³-hybridized carbons (Fsp3) is 0.318. The molecule has 1 unspecified atom stereocenters. The van der Waals surface area contributed by atoms with Crippen LogP contribution < -0.4 is 50.6 Å². The molecule has 2 aliphatic heterocycles. The number of nitrogens with zero attached hydrogens (tertiary/aromatic N) is 1. The van der Waals surface area contributed by atoms with E-state index in [1.54, 1.807) is 44.2 Å². The van der Waals surface area contributed by atoms with Crippen LogP contribution in [0, 0.1) is 0 Å². The molecule has 2 fully saturated rings. The third kappa shape index (κ3) is 5.25. The number of aliphatic carboxylic acids is 1. The Hall–Kier alpha value is -2.80. The number of benzene rings is 1. The van der Waals surface area contributed by atoms with E-state index < -0.39 is 58.0 Å². The molecule has 2 aromatic rings. The SMILES string of the molecule is CC1(C)S[C@@H]2[C@H](NC(=O)C(NC(=O)NC(=O)c3ccco3)c3ccccc3)C(=O)N2[C@H]1C(=O)[O-].[Na+]. The van der Waals surface area contributed by atoms with Gasteiger partial charge >= 0.3 is 35.6 Å². The number of hydrogen-bond acceptors (Lipinski definition) is 8. The molecule has 5 amide bonds. The van der Waals surface area contributed by atoms with Gasteiger partial charge in [-0.15, -0.1) is 11.8 Å². The van der Waals surface area contributed by atoms with E-state index in [0.717, 1.165) is 0 Å². The first-order valence-electron chi connectivity index (χ1n) is 10.3. The van der Waals surface area contributed by atoms with Gasteiger partial charge in [0.1, 0.15) is 17.5 Å². The number of imide groups is 1. The van der Waals surface area contributed by atoms with Gasteiger partial charge in [0.2, 0.25) is 11.8 Å². The molecular weight excluding hydrogens is 487 g/mol. The first-order chi connectivity index (χ1) is 16.1. The van der Waals surface area contributed by atoms with Crippen LogP contribution in [0.25, 0.3) is 0 Å². The molecule has 1 aromatic heterocycles. The molecular formula is C22H21N4NaO7S. The van der Waals surface area contributed by atoms with E-state index in [9.17, 15) is 29.1 Å². The van der Waals surface area contributed by atoms with E-state index in [0.29, 0.717) is 5.56 Å². The van der Waals surface area contributed by atoms with Crippen molar-refractivity contribution < 1.29 is 63.1 Å².